The summed E-state index contributed by atoms with van der Waals surface area (Å²) in [6.07, 6.45) is 0.798. The van der Waals surface area contributed by atoms with E-state index in [-0.39, 0.29) is 5.97 Å². The number of methoxy groups -OCH3 is 1. The van der Waals surface area contributed by atoms with Crippen molar-refractivity contribution in [1.82, 2.24) is 0 Å². The third kappa shape index (κ3) is 4.08. The summed E-state index contributed by atoms with van der Waals surface area (Å²) >= 11 is 3.41. The molecule has 21 heavy (non-hydrogen) atoms. The van der Waals surface area contributed by atoms with Crippen molar-refractivity contribution in [2.24, 2.45) is 0 Å². The maximum absolute atomic E-state index is 11.5. The highest BCUT2D eigenvalue weighted by Crippen LogP contribution is 2.22. The number of hydrogen-bond donors (Lipinski definition) is 0. The van der Waals surface area contributed by atoms with Gasteiger partial charge in [0.1, 0.15) is 5.75 Å². The fraction of sp³-hybridized carbons (Fsp3) is 0.235. The molecule has 0 N–H and O–H groups in total. The topological polar surface area (TPSA) is 35.5 Å². The SMILES string of the molecule is CCOc1ccc(Cc2ccc(C(=O)OC)c(Br)c2)cc1. The van der Waals surface area contributed by atoms with Gasteiger partial charge in [-0.15, -0.1) is 0 Å². The van der Waals surface area contributed by atoms with E-state index in [1.165, 1.54) is 12.7 Å². The summed E-state index contributed by atoms with van der Waals surface area (Å²) in [6.45, 7) is 2.63. The number of ether oxygens (including phenoxy) is 2. The van der Waals surface area contributed by atoms with Crippen molar-refractivity contribution in [2.45, 2.75) is 13.3 Å². The van der Waals surface area contributed by atoms with E-state index >= 15 is 0 Å². The molecule has 2 rings (SSSR count). The van der Waals surface area contributed by atoms with Gasteiger partial charge in [-0.3, -0.25) is 0 Å². The normalized spacial score (nSPS) is 10.2. The maximum Gasteiger partial charge on any atom is 0.338 e. The van der Waals surface area contributed by atoms with Gasteiger partial charge in [0.05, 0.1) is 19.3 Å². The van der Waals surface area contributed by atoms with Gasteiger partial charge < -0.3 is 9.47 Å². The van der Waals surface area contributed by atoms with Crippen LogP contribution in [0.1, 0.15) is 28.4 Å². The van der Waals surface area contributed by atoms with E-state index in [2.05, 4.69) is 15.9 Å². The van der Waals surface area contributed by atoms with Crippen molar-refractivity contribution in [2.75, 3.05) is 13.7 Å². The largest absolute Gasteiger partial charge is 0.494 e. The van der Waals surface area contributed by atoms with Crippen LogP contribution >= 0.6 is 15.9 Å². The Bertz CT molecular complexity index is 620. The molecule has 0 amide bonds. The average molecular weight is 349 g/mol. The number of hydrogen-bond acceptors (Lipinski definition) is 3. The highest BCUT2D eigenvalue weighted by molar-refractivity contribution is 9.10. The summed E-state index contributed by atoms with van der Waals surface area (Å²) in [5.41, 5.74) is 2.85. The van der Waals surface area contributed by atoms with Crippen LogP contribution in [-0.2, 0) is 11.2 Å². The highest BCUT2D eigenvalue weighted by Gasteiger charge is 2.10. The lowest BCUT2D eigenvalue weighted by molar-refractivity contribution is 0.0599. The Morgan fingerprint density at radius 3 is 2.33 bits per heavy atom. The van der Waals surface area contributed by atoms with Crippen molar-refractivity contribution in [3.63, 3.8) is 0 Å². The second-order valence-corrected chi connectivity index (χ2v) is 5.41. The zero-order valence-corrected chi connectivity index (χ0v) is 13.6. The minimum Gasteiger partial charge on any atom is -0.494 e. The van der Waals surface area contributed by atoms with Crippen LogP contribution in [0.3, 0.4) is 0 Å². The number of rotatable bonds is 5. The number of carbonyl (C=O) groups is 1. The summed E-state index contributed by atoms with van der Waals surface area (Å²) < 4.78 is 10.9. The molecule has 0 aromatic heterocycles. The number of esters is 1. The van der Waals surface area contributed by atoms with Crippen LogP contribution in [-0.4, -0.2) is 19.7 Å². The summed E-state index contributed by atoms with van der Waals surface area (Å²) in [7, 11) is 1.38. The Morgan fingerprint density at radius 2 is 1.76 bits per heavy atom. The van der Waals surface area contributed by atoms with E-state index in [0.717, 1.165) is 22.2 Å². The standard InChI is InChI=1S/C17H17BrO3/c1-3-21-14-7-4-12(5-8-14)10-13-6-9-15(16(18)11-13)17(19)20-2/h4-9,11H,3,10H2,1-2H3. The zero-order chi connectivity index (χ0) is 15.2. The van der Waals surface area contributed by atoms with E-state index in [1.54, 1.807) is 6.07 Å². The molecule has 0 bridgehead atoms. The average Bonchev–Trinajstić information content (AvgIpc) is 2.49. The van der Waals surface area contributed by atoms with Crippen molar-refractivity contribution in [3.8, 4) is 5.75 Å². The molecule has 0 unspecified atom stereocenters. The maximum atomic E-state index is 11.5. The van der Waals surface area contributed by atoms with Crippen LogP contribution in [0, 0.1) is 0 Å². The summed E-state index contributed by atoms with van der Waals surface area (Å²) in [5.74, 6) is 0.540. The van der Waals surface area contributed by atoms with Crippen molar-refractivity contribution in [3.05, 3.63) is 63.6 Å². The molecular weight excluding hydrogens is 332 g/mol. The summed E-state index contributed by atoms with van der Waals surface area (Å²) in [6, 6.07) is 13.7. The van der Waals surface area contributed by atoms with Crippen molar-refractivity contribution in [1.29, 1.82) is 0 Å². The van der Waals surface area contributed by atoms with Gasteiger partial charge in [-0.05, 0) is 64.7 Å². The number of benzene rings is 2. The second-order valence-electron chi connectivity index (χ2n) is 4.56. The fourth-order valence-corrected chi connectivity index (χ4v) is 2.64. The predicted molar refractivity (Wildman–Crippen MR) is 85.9 cm³/mol. The molecule has 0 aliphatic carbocycles. The zero-order valence-electron chi connectivity index (χ0n) is 12.1. The number of carbonyl (C=O) groups excluding carboxylic acids is 1. The first-order valence-corrected chi connectivity index (χ1v) is 7.51. The molecule has 0 atom stereocenters. The van der Waals surface area contributed by atoms with E-state index in [1.807, 2.05) is 43.3 Å². The molecule has 0 radical (unpaired) electrons. The van der Waals surface area contributed by atoms with E-state index in [9.17, 15) is 4.79 Å². The Hall–Kier alpha value is -1.81. The van der Waals surface area contributed by atoms with Gasteiger partial charge in [-0.25, -0.2) is 4.79 Å². The van der Waals surface area contributed by atoms with E-state index in [0.29, 0.717) is 12.2 Å². The van der Waals surface area contributed by atoms with Gasteiger partial charge >= 0.3 is 5.97 Å². The molecule has 3 nitrogen and oxygen atoms in total. The minimum atomic E-state index is -0.338. The lowest BCUT2D eigenvalue weighted by Crippen LogP contribution is -2.02. The Balaban J connectivity index is 2.12. The van der Waals surface area contributed by atoms with Gasteiger partial charge in [0.2, 0.25) is 0 Å². The predicted octanol–water partition coefficient (Wildman–Crippen LogP) is 4.23. The van der Waals surface area contributed by atoms with Crippen LogP contribution in [0.15, 0.2) is 46.9 Å². The fourth-order valence-electron chi connectivity index (χ4n) is 2.05. The first-order chi connectivity index (χ1) is 10.1. The first kappa shape index (κ1) is 15.6. The van der Waals surface area contributed by atoms with Gasteiger partial charge in [-0.2, -0.15) is 0 Å². The highest BCUT2D eigenvalue weighted by atomic mass is 79.9. The van der Waals surface area contributed by atoms with E-state index in [4.69, 9.17) is 9.47 Å². The molecule has 0 heterocycles. The van der Waals surface area contributed by atoms with Crippen LogP contribution in [0.25, 0.3) is 0 Å². The Morgan fingerprint density at radius 1 is 1.10 bits per heavy atom. The van der Waals surface area contributed by atoms with Gasteiger partial charge in [-0.1, -0.05) is 18.2 Å². The summed E-state index contributed by atoms with van der Waals surface area (Å²) in [5, 5.41) is 0. The third-order valence-corrected chi connectivity index (χ3v) is 3.74. The second kappa shape index (κ2) is 7.27. The first-order valence-electron chi connectivity index (χ1n) is 6.72. The molecule has 110 valence electrons. The Kier molecular flexibility index (Phi) is 5.39. The lowest BCUT2D eigenvalue weighted by atomic mass is 10.0. The number of halogens is 1. The minimum absolute atomic E-state index is 0.338. The quantitative estimate of drug-likeness (QED) is 0.758. The van der Waals surface area contributed by atoms with Gasteiger partial charge in [0.25, 0.3) is 0 Å². The molecule has 0 saturated heterocycles. The molecule has 0 fully saturated rings. The van der Waals surface area contributed by atoms with Crippen molar-refractivity contribution >= 4 is 21.9 Å². The third-order valence-electron chi connectivity index (χ3n) is 3.08. The van der Waals surface area contributed by atoms with Crippen molar-refractivity contribution < 1.29 is 14.3 Å². The van der Waals surface area contributed by atoms with Gasteiger partial charge in [0.15, 0.2) is 0 Å². The van der Waals surface area contributed by atoms with Crippen LogP contribution in [0.2, 0.25) is 0 Å². The molecule has 2 aromatic rings. The van der Waals surface area contributed by atoms with Gasteiger partial charge in [0, 0.05) is 4.47 Å². The monoisotopic (exact) mass is 348 g/mol. The lowest BCUT2D eigenvalue weighted by Gasteiger charge is -2.07. The van der Waals surface area contributed by atoms with E-state index < -0.39 is 0 Å². The summed E-state index contributed by atoms with van der Waals surface area (Å²) in [4.78, 5) is 11.5. The molecule has 4 heteroatoms. The van der Waals surface area contributed by atoms with Crippen LogP contribution in [0.5, 0.6) is 5.75 Å². The van der Waals surface area contributed by atoms with Crippen LogP contribution in [0.4, 0.5) is 0 Å². The molecule has 0 saturated carbocycles. The molecular formula is C17H17BrO3. The molecule has 0 spiro atoms. The van der Waals surface area contributed by atoms with Crippen LogP contribution < -0.4 is 4.74 Å². The smallest absolute Gasteiger partial charge is 0.338 e. The molecule has 0 aliphatic heterocycles. The molecule has 2 aromatic carbocycles. The molecule has 0 aliphatic rings. The Labute approximate surface area is 133 Å².